The lowest BCUT2D eigenvalue weighted by molar-refractivity contribution is -0.125. The highest BCUT2D eigenvalue weighted by atomic mass is 32.2. The molecule has 7 heteroatoms. The summed E-state index contributed by atoms with van der Waals surface area (Å²) in [5.41, 5.74) is 0. The van der Waals surface area contributed by atoms with E-state index in [1.54, 1.807) is 17.5 Å². The second-order valence-electron chi connectivity index (χ2n) is 6.06. The third-order valence-electron chi connectivity index (χ3n) is 4.45. The molecule has 4 nitrogen and oxygen atoms in total. The topological polar surface area (TPSA) is 63.2 Å². The third kappa shape index (κ3) is 3.90. The zero-order valence-corrected chi connectivity index (χ0v) is 15.8. The van der Waals surface area contributed by atoms with Gasteiger partial charge in [0.25, 0.3) is 0 Å². The Morgan fingerprint density at radius 1 is 1.12 bits per heavy atom. The van der Waals surface area contributed by atoms with Gasteiger partial charge in [-0.25, -0.2) is 8.42 Å². The molecule has 0 bridgehead atoms. The van der Waals surface area contributed by atoms with E-state index in [-0.39, 0.29) is 18.4 Å². The van der Waals surface area contributed by atoms with Gasteiger partial charge in [-0.2, -0.15) is 0 Å². The molecule has 1 aliphatic rings. The minimum atomic E-state index is -3.49. The number of carbonyl (C=O) groups excluding carboxylic acids is 1. The summed E-state index contributed by atoms with van der Waals surface area (Å²) in [6.07, 6.45) is 5.18. The second-order valence-corrected chi connectivity index (χ2v) is 10.3. The summed E-state index contributed by atoms with van der Waals surface area (Å²) in [7, 11) is -3.49. The van der Waals surface area contributed by atoms with Crippen LogP contribution in [0, 0.1) is 5.92 Å². The van der Waals surface area contributed by atoms with Crippen molar-refractivity contribution in [3.8, 4) is 0 Å². The summed E-state index contributed by atoms with van der Waals surface area (Å²) in [6, 6.07) is 7.04. The van der Waals surface area contributed by atoms with Gasteiger partial charge in [-0.1, -0.05) is 31.4 Å². The van der Waals surface area contributed by atoms with E-state index in [0.29, 0.717) is 4.21 Å². The molecule has 1 fully saturated rings. The van der Waals surface area contributed by atoms with Crippen molar-refractivity contribution in [2.75, 3.05) is 6.54 Å². The van der Waals surface area contributed by atoms with Crippen LogP contribution >= 0.6 is 22.7 Å². The van der Waals surface area contributed by atoms with Gasteiger partial charge in [-0.15, -0.1) is 22.7 Å². The van der Waals surface area contributed by atoms with Crippen LogP contribution in [0.2, 0.25) is 0 Å². The van der Waals surface area contributed by atoms with E-state index < -0.39 is 15.1 Å². The molecule has 2 aromatic rings. The Bertz CT molecular complexity index is 745. The van der Waals surface area contributed by atoms with Crippen molar-refractivity contribution in [1.29, 1.82) is 0 Å². The molecule has 3 rings (SSSR count). The predicted molar refractivity (Wildman–Crippen MR) is 98.1 cm³/mol. The molecule has 0 aliphatic heterocycles. The van der Waals surface area contributed by atoms with Gasteiger partial charge >= 0.3 is 0 Å². The molecule has 1 atom stereocenters. The average molecular weight is 384 g/mol. The van der Waals surface area contributed by atoms with Crippen LogP contribution in [0.1, 0.15) is 42.2 Å². The maximum atomic E-state index is 12.9. The monoisotopic (exact) mass is 383 g/mol. The van der Waals surface area contributed by atoms with E-state index in [1.165, 1.54) is 29.1 Å². The molecule has 2 aromatic heterocycles. The molecule has 130 valence electrons. The summed E-state index contributed by atoms with van der Waals surface area (Å²) < 4.78 is 26.2. The van der Waals surface area contributed by atoms with Crippen LogP contribution in [-0.4, -0.2) is 20.9 Å². The van der Waals surface area contributed by atoms with Crippen molar-refractivity contribution in [2.45, 2.75) is 41.6 Å². The van der Waals surface area contributed by atoms with E-state index in [9.17, 15) is 13.2 Å². The third-order valence-corrected chi connectivity index (χ3v) is 9.10. The largest absolute Gasteiger partial charge is 0.354 e. The Labute approximate surface area is 150 Å². The van der Waals surface area contributed by atoms with Crippen LogP contribution < -0.4 is 5.32 Å². The van der Waals surface area contributed by atoms with Crippen LogP contribution in [-0.2, 0) is 14.6 Å². The van der Waals surface area contributed by atoms with E-state index >= 15 is 0 Å². The first-order chi connectivity index (χ1) is 11.6. The lowest BCUT2D eigenvalue weighted by atomic mass is 9.89. The molecule has 0 aromatic carbocycles. The van der Waals surface area contributed by atoms with Gasteiger partial charge in [-0.05, 0) is 35.7 Å². The normalized spacial score (nSPS) is 17.5. The highest BCUT2D eigenvalue weighted by molar-refractivity contribution is 7.93. The number of nitrogens with one attached hydrogen (secondary N) is 1. The Balaban J connectivity index is 1.75. The Morgan fingerprint density at radius 3 is 2.46 bits per heavy atom. The zero-order chi connectivity index (χ0) is 17.0. The highest BCUT2D eigenvalue weighted by Gasteiger charge is 2.32. The first-order valence-corrected chi connectivity index (χ1v) is 11.5. The van der Waals surface area contributed by atoms with Gasteiger partial charge in [0.15, 0.2) is 9.84 Å². The number of sulfone groups is 1. The molecular weight excluding hydrogens is 362 g/mol. The molecule has 2 heterocycles. The Hall–Kier alpha value is -1.18. The quantitative estimate of drug-likeness (QED) is 0.819. The molecule has 0 unspecified atom stereocenters. The lowest BCUT2D eigenvalue weighted by Gasteiger charge is -2.22. The van der Waals surface area contributed by atoms with E-state index in [1.807, 2.05) is 17.5 Å². The van der Waals surface area contributed by atoms with Crippen molar-refractivity contribution < 1.29 is 13.2 Å². The highest BCUT2D eigenvalue weighted by Crippen LogP contribution is 2.33. The van der Waals surface area contributed by atoms with Gasteiger partial charge in [-0.3, -0.25) is 4.79 Å². The van der Waals surface area contributed by atoms with Crippen molar-refractivity contribution in [3.63, 3.8) is 0 Å². The van der Waals surface area contributed by atoms with Gasteiger partial charge < -0.3 is 5.32 Å². The minimum absolute atomic E-state index is 0.00219. The van der Waals surface area contributed by atoms with Crippen LogP contribution in [0.3, 0.4) is 0 Å². The summed E-state index contributed by atoms with van der Waals surface area (Å²) in [5, 5.41) is 5.82. The fourth-order valence-corrected chi connectivity index (χ4v) is 7.09. The van der Waals surface area contributed by atoms with Crippen molar-refractivity contribution >= 4 is 38.4 Å². The van der Waals surface area contributed by atoms with Crippen molar-refractivity contribution in [3.05, 3.63) is 39.9 Å². The Morgan fingerprint density at radius 2 is 1.83 bits per heavy atom. The van der Waals surface area contributed by atoms with Crippen LogP contribution in [0.25, 0.3) is 0 Å². The van der Waals surface area contributed by atoms with Crippen molar-refractivity contribution in [2.24, 2.45) is 5.92 Å². The molecule has 1 aliphatic carbocycles. The molecule has 0 spiro atoms. The van der Waals surface area contributed by atoms with Crippen LogP contribution in [0.4, 0.5) is 0 Å². The number of amides is 1. The summed E-state index contributed by atoms with van der Waals surface area (Å²) >= 11 is 2.64. The second kappa shape index (κ2) is 7.80. The number of thiophene rings is 2. The molecule has 0 saturated heterocycles. The number of rotatable bonds is 6. The van der Waals surface area contributed by atoms with Gasteiger partial charge in [0, 0.05) is 17.3 Å². The van der Waals surface area contributed by atoms with E-state index in [4.69, 9.17) is 0 Å². The van der Waals surface area contributed by atoms with Gasteiger partial charge in [0.1, 0.15) is 9.46 Å². The standard InChI is InChI=1S/C17H21NO3S3/c19-17(13-6-2-1-3-7-13)18-12-15(14-8-4-10-22-14)24(20,21)16-9-5-11-23-16/h4-5,8-11,13,15H,1-3,6-7,12H2,(H,18,19)/t15-/m0/s1. The summed E-state index contributed by atoms with van der Waals surface area (Å²) in [4.78, 5) is 13.2. The number of hydrogen-bond donors (Lipinski definition) is 1. The number of hydrogen-bond acceptors (Lipinski definition) is 5. The van der Waals surface area contributed by atoms with Gasteiger partial charge in [0.05, 0.1) is 0 Å². The maximum absolute atomic E-state index is 12.9. The summed E-state index contributed by atoms with van der Waals surface area (Å²) in [6.45, 7) is 0.135. The fraction of sp³-hybridized carbons (Fsp3) is 0.471. The first-order valence-electron chi connectivity index (χ1n) is 8.17. The molecular formula is C17H21NO3S3. The van der Waals surface area contributed by atoms with Crippen molar-refractivity contribution in [1.82, 2.24) is 5.32 Å². The summed E-state index contributed by atoms with van der Waals surface area (Å²) in [5.74, 6) is 0.0322. The smallest absolute Gasteiger partial charge is 0.223 e. The van der Waals surface area contributed by atoms with Crippen LogP contribution in [0.15, 0.2) is 39.2 Å². The minimum Gasteiger partial charge on any atom is -0.354 e. The maximum Gasteiger partial charge on any atom is 0.223 e. The lowest BCUT2D eigenvalue weighted by Crippen LogP contribution is -2.36. The van der Waals surface area contributed by atoms with Crippen LogP contribution in [0.5, 0.6) is 0 Å². The zero-order valence-electron chi connectivity index (χ0n) is 13.3. The van der Waals surface area contributed by atoms with E-state index in [0.717, 1.165) is 30.6 Å². The van der Waals surface area contributed by atoms with E-state index in [2.05, 4.69) is 5.32 Å². The molecule has 1 N–H and O–H groups in total. The number of carbonyl (C=O) groups is 1. The average Bonchev–Trinajstić information content (AvgIpc) is 3.29. The molecule has 24 heavy (non-hydrogen) atoms. The fourth-order valence-electron chi connectivity index (χ4n) is 3.11. The predicted octanol–water partition coefficient (Wildman–Crippen LogP) is 4.02. The molecule has 0 radical (unpaired) electrons. The molecule has 1 saturated carbocycles. The SMILES string of the molecule is O=C(NC[C@@H](c1cccs1)S(=O)(=O)c1cccs1)C1CCCCC1. The molecule has 1 amide bonds. The Kier molecular flexibility index (Phi) is 5.73. The first kappa shape index (κ1) is 17.6. The van der Waals surface area contributed by atoms with Gasteiger partial charge in [0.2, 0.25) is 5.91 Å².